The molecule has 2 aromatic heterocycles. The lowest BCUT2D eigenvalue weighted by Gasteiger charge is -2.35. The standard InChI is InChI=1S/C25H25ClN4O4/c1-15-12-20(16(2)27-19-8-9-21(26)29-23(19)24(31)32)28-22(13-15)30-18(10-11-34-25(30)33)14-17-6-4-3-5-7-17/h3-9,12-13,16,18,27H,10-11,14H2,1-2H3,(H,31,32)/t16-,18-/m1/s1. The molecule has 0 bridgehead atoms. The first kappa shape index (κ1) is 23.5. The number of nitrogens with one attached hydrogen (secondary N) is 1. The number of anilines is 2. The summed E-state index contributed by atoms with van der Waals surface area (Å²) in [5.74, 6) is -0.683. The highest BCUT2D eigenvalue weighted by molar-refractivity contribution is 6.29. The number of aromatic carboxylic acids is 1. The maximum absolute atomic E-state index is 12.8. The molecule has 1 aromatic carbocycles. The zero-order valence-corrected chi connectivity index (χ0v) is 19.6. The SMILES string of the molecule is Cc1cc([C@@H](C)Nc2ccc(Cl)nc2C(=O)O)nc(N2C(=O)OCC[C@@H]2Cc2ccccc2)c1. The first-order chi connectivity index (χ1) is 16.3. The van der Waals surface area contributed by atoms with E-state index in [9.17, 15) is 14.7 Å². The van der Waals surface area contributed by atoms with Gasteiger partial charge in [-0.05, 0) is 55.7 Å². The number of ether oxygens (including phenoxy) is 1. The molecule has 2 N–H and O–H groups in total. The third kappa shape index (κ3) is 5.28. The number of amides is 1. The van der Waals surface area contributed by atoms with Gasteiger partial charge in [-0.1, -0.05) is 41.9 Å². The van der Waals surface area contributed by atoms with Gasteiger partial charge >= 0.3 is 12.1 Å². The number of hydrogen-bond donors (Lipinski definition) is 2. The summed E-state index contributed by atoms with van der Waals surface area (Å²) < 4.78 is 5.35. The number of pyridine rings is 2. The first-order valence-electron chi connectivity index (χ1n) is 11.0. The number of aryl methyl sites for hydroxylation is 1. The zero-order chi connectivity index (χ0) is 24.2. The number of carboxylic acid groups (broad SMARTS) is 1. The summed E-state index contributed by atoms with van der Waals surface area (Å²) >= 11 is 5.86. The smallest absolute Gasteiger partial charge is 0.415 e. The van der Waals surface area contributed by atoms with Crippen molar-refractivity contribution < 1.29 is 19.4 Å². The van der Waals surface area contributed by atoms with Crippen LogP contribution in [0, 0.1) is 6.92 Å². The summed E-state index contributed by atoms with van der Waals surface area (Å²) in [5.41, 5.74) is 2.85. The van der Waals surface area contributed by atoms with Crippen LogP contribution in [-0.2, 0) is 11.2 Å². The molecule has 0 aliphatic carbocycles. The number of cyclic esters (lactones) is 1. The van der Waals surface area contributed by atoms with Crippen LogP contribution in [-0.4, -0.2) is 39.8 Å². The largest absolute Gasteiger partial charge is 0.476 e. The van der Waals surface area contributed by atoms with Crippen molar-refractivity contribution in [1.29, 1.82) is 0 Å². The van der Waals surface area contributed by atoms with Gasteiger partial charge in [-0.25, -0.2) is 19.6 Å². The molecule has 1 fully saturated rings. The molecular formula is C25H25ClN4O4. The molecule has 0 radical (unpaired) electrons. The molecule has 0 unspecified atom stereocenters. The van der Waals surface area contributed by atoms with Crippen LogP contribution in [0.3, 0.4) is 0 Å². The fourth-order valence-corrected chi connectivity index (χ4v) is 4.18. The minimum atomic E-state index is -1.19. The zero-order valence-electron chi connectivity index (χ0n) is 18.9. The summed E-state index contributed by atoms with van der Waals surface area (Å²) in [7, 11) is 0. The van der Waals surface area contributed by atoms with Crippen molar-refractivity contribution in [3.63, 3.8) is 0 Å². The highest BCUT2D eigenvalue weighted by Crippen LogP contribution is 2.28. The Bertz CT molecular complexity index is 1200. The van der Waals surface area contributed by atoms with Crippen LogP contribution in [0.5, 0.6) is 0 Å². The second-order valence-corrected chi connectivity index (χ2v) is 8.63. The van der Waals surface area contributed by atoms with Gasteiger partial charge in [0.1, 0.15) is 11.0 Å². The van der Waals surface area contributed by atoms with Gasteiger partial charge in [0.05, 0.1) is 24.0 Å². The number of carbonyl (C=O) groups excluding carboxylic acids is 1. The van der Waals surface area contributed by atoms with E-state index < -0.39 is 12.1 Å². The van der Waals surface area contributed by atoms with Crippen LogP contribution >= 0.6 is 11.6 Å². The fraction of sp³-hybridized carbons (Fsp3) is 0.280. The Kier molecular flexibility index (Phi) is 6.98. The van der Waals surface area contributed by atoms with E-state index in [-0.39, 0.29) is 22.9 Å². The molecule has 4 rings (SSSR count). The van der Waals surface area contributed by atoms with E-state index >= 15 is 0 Å². The average molecular weight is 481 g/mol. The topological polar surface area (TPSA) is 105 Å². The van der Waals surface area contributed by atoms with E-state index in [1.165, 1.54) is 6.07 Å². The van der Waals surface area contributed by atoms with E-state index in [1.807, 2.05) is 56.3 Å². The number of aromatic nitrogens is 2. The number of hydrogen-bond acceptors (Lipinski definition) is 6. The number of rotatable bonds is 7. The van der Waals surface area contributed by atoms with Gasteiger partial charge < -0.3 is 15.2 Å². The quantitative estimate of drug-likeness (QED) is 0.444. The summed E-state index contributed by atoms with van der Waals surface area (Å²) in [6.45, 7) is 4.15. The van der Waals surface area contributed by atoms with Gasteiger partial charge in [0.25, 0.3) is 0 Å². The predicted molar refractivity (Wildman–Crippen MR) is 130 cm³/mol. The van der Waals surface area contributed by atoms with Crippen molar-refractivity contribution in [3.8, 4) is 0 Å². The van der Waals surface area contributed by atoms with E-state index in [1.54, 1.807) is 11.0 Å². The molecule has 9 heteroatoms. The van der Waals surface area contributed by atoms with Crippen LogP contribution in [0.15, 0.2) is 54.6 Å². The maximum Gasteiger partial charge on any atom is 0.415 e. The maximum atomic E-state index is 12.8. The normalized spacial score (nSPS) is 16.6. The summed E-state index contributed by atoms with van der Waals surface area (Å²) in [4.78, 5) is 34.7. The van der Waals surface area contributed by atoms with E-state index in [4.69, 9.17) is 21.3 Å². The first-order valence-corrected chi connectivity index (χ1v) is 11.3. The number of nitrogens with zero attached hydrogens (tertiary/aromatic N) is 3. The molecule has 1 amide bonds. The van der Waals surface area contributed by atoms with Gasteiger partial charge in [0.15, 0.2) is 5.69 Å². The Morgan fingerprint density at radius 2 is 2.00 bits per heavy atom. The molecular weight excluding hydrogens is 456 g/mol. The molecule has 1 aliphatic rings. The van der Waals surface area contributed by atoms with Gasteiger partial charge in [-0.15, -0.1) is 0 Å². The number of benzene rings is 1. The Morgan fingerprint density at radius 1 is 1.24 bits per heavy atom. The second-order valence-electron chi connectivity index (χ2n) is 8.25. The predicted octanol–water partition coefficient (Wildman–Crippen LogP) is 5.27. The number of carboxylic acids is 1. The molecule has 0 spiro atoms. The Hall–Kier alpha value is -3.65. The lowest BCUT2D eigenvalue weighted by atomic mass is 10.0. The minimum Gasteiger partial charge on any atom is -0.476 e. The monoisotopic (exact) mass is 480 g/mol. The summed E-state index contributed by atoms with van der Waals surface area (Å²) in [5, 5.41) is 12.7. The third-order valence-electron chi connectivity index (χ3n) is 5.65. The molecule has 1 saturated heterocycles. The van der Waals surface area contributed by atoms with Gasteiger partial charge in [0, 0.05) is 12.5 Å². The van der Waals surface area contributed by atoms with Crippen molar-refractivity contribution in [1.82, 2.24) is 9.97 Å². The molecule has 176 valence electrons. The van der Waals surface area contributed by atoms with Crippen LogP contribution < -0.4 is 10.2 Å². The van der Waals surface area contributed by atoms with Gasteiger partial charge in [0.2, 0.25) is 0 Å². The second kappa shape index (κ2) is 10.1. The van der Waals surface area contributed by atoms with E-state index in [0.29, 0.717) is 36.6 Å². The van der Waals surface area contributed by atoms with Crippen LogP contribution in [0.2, 0.25) is 5.15 Å². The Balaban J connectivity index is 1.63. The molecule has 1 aliphatic heterocycles. The van der Waals surface area contributed by atoms with Crippen LogP contribution in [0.1, 0.15) is 46.7 Å². The van der Waals surface area contributed by atoms with Crippen LogP contribution in [0.25, 0.3) is 0 Å². The van der Waals surface area contributed by atoms with Crippen molar-refractivity contribution in [2.24, 2.45) is 0 Å². The Morgan fingerprint density at radius 3 is 2.74 bits per heavy atom. The molecule has 34 heavy (non-hydrogen) atoms. The highest BCUT2D eigenvalue weighted by atomic mass is 35.5. The van der Waals surface area contributed by atoms with E-state index in [2.05, 4.69) is 10.3 Å². The van der Waals surface area contributed by atoms with Gasteiger partial charge in [-0.3, -0.25) is 4.90 Å². The summed E-state index contributed by atoms with van der Waals surface area (Å²) in [6, 6.07) is 16.4. The molecule has 8 nitrogen and oxygen atoms in total. The average Bonchev–Trinajstić information content (AvgIpc) is 2.80. The number of carbonyl (C=O) groups is 2. The van der Waals surface area contributed by atoms with Crippen molar-refractivity contribution in [3.05, 3.63) is 82.3 Å². The third-order valence-corrected chi connectivity index (χ3v) is 5.87. The summed E-state index contributed by atoms with van der Waals surface area (Å²) in [6.07, 6.45) is 0.956. The molecule has 2 atom stereocenters. The van der Waals surface area contributed by atoms with Crippen LogP contribution in [0.4, 0.5) is 16.3 Å². The highest BCUT2D eigenvalue weighted by Gasteiger charge is 2.32. The minimum absolute atomic E-state index is 0.0897. The molecule has 3 heterocycles. The molecule has 3 aromatic rings. The van der Waals surface area contributed by atoms with Crippen molar-refractivity contribution >= 4 is 35.2 Å². The molecule has 0 saturated carbocycles. The van der Waals surface area contributed by atoms with Gasteiger partial charge in [-0.2, -0.15) is 0 Å². The lowest BCUT2D eigenvalue weighted by Crippen LogP contribution is -2.47. The Labute approximate surface area is 202 Å². The van der Waals surface area contributed by atoms with Crippen molar-refractivity contribution in [2.75, 3.05) is 16.8 Å². The van der Waals surface area contributed by atoms with E-state index in [0.717, 1.165) is 11.1 Å². The lowest BCUT2D eigenvalue weighted by molar-refractivity contribution is 0.0691. The van der Waals surface area contributed by atoms with Crippen molar-refractivity contribution in [2.45, 2.75) is 38.8 Å². The fourth-order valence-electron chi connectivity index (χ4n) is 4.03. The number of halogens is 1.